The average molecular weight is 389 g/mol. The van der Waals surface area contributed by atoms with Crippen molar-refractivity contribution in [2.75, 3.05) is 5.32 Å². The van der Waals surface area contributed by atoms with E-state index in [4.69, 9.17) is 4.74 Å². The lowest BCUT2D eigenvalue weighted by atomic mass is 10.0. The Morgan fingerprint density at radius 2 is 2.14 bits per heavy atom. The van der Waals surface area contributed by atoms with Crippen LogP contribution < -0.4 is 10.6 Å². The van der Waals surface area contributed by atoms with Crippen molar-refractivity contribution in [3.8, 4) is 0 Å². The van der Waals surface area contributed by atoms with Crippen LogP contribution >= 0.6 is 0 Å². The van der Waals surface area contributed by atoms with E-state index in [0.29, 0.717) is 5.82 Å². The molecule has 1 saturated carbocycles. The van der Waals surface area contributed by atoms with Crippen molar-refractivity contribution >= 4 is 17.8 Å². The number of nitrogens with zero attached hydrogens (tertiary/aromatic N) is 4. The number of H-pyrrole nitrogens is 1. The van der Waals surface area contributed by atoms with Gasteiger partial charge in [0.15, 0.2) is 5.82 Å². The van der Waals surface area contributed by atoms with Crippen LogP contribution in [0.4, 0.5) is 10.6 Å². The second-order valence-corrected chi connectivity index (χ2v) is 8.23. The first kappa shape index (κ1) is 19.8. The standard InChI is InChI=1S/C18H27N7O3/c1-11-9-25(24-21-11)10-16(26)19-15-8-14(22-23-15)12-5-6-13(7-12)28-17(27)20-18(2,3)4/h8-9,12-13H,5-7,10H2,1-4H3,(H,20,27)(H2,19,22,23,26). The normalized spacial score (nSPS) is 19.4. The van der Waals surface area contributed by atoms with Crippen molar-refractivity contribution in [3.05, 3.63) is 23.7 Å². The third-order valence-electron chi connectivity index (χ3n) is 4.40. The number of ether oxygens (including phenoxy) is 1. The maximum Gasteiger partial charge on any atom is 0.407 e. The summed E-state index contributed by atoms with van der Waals surface area (Å²) in [5, 5.41) is 20.4. The Hall–Kier alpha value is -2.91. The summed E-state index contributed by atoms with van der Waals surface area (Å²) in [6.45, 7) is 7.63. The van der Waals surface area contributed by atoms with Gasteiger partial charge in [0.05, 0.1) is 5.69 Å². The number of carbonyl (C=O) groups excluding carboxylic acids is 2. The van der Waals surface area contributed by atoms with Crippen molar-refractivity contribution < 1.29 is 14.3 Å². The van der Waals surface area contributed by atoms with Crippen LogP contribution in [0.15, 0.2) is 12.3 Å². The second kappa shape index (κ2) is 7.99. The van der Waals surface area contributed by atoms with E-state index in [1.54, 1.807) is 6.20 Å². The Bertz CT molecular complexity index is 836. The van der Waals surface area contributed by atoms with Gasteiger partial charge in [-0.15, -0.1) is 5.10 Å². The third-order valence-corrected chi connectivity index (χ3v) is 4.40. The highest BCUT2D eigenvalue weighted by Crippen LogP contribution is 2.35. The van der Waals surface area contributed by atoms with Gasteiger partial charge in [0.25, 0.3) is 0 Å². The van der Waals surface area contributed by atoms with Crippen molar-refractivity contribution in [3.63, 3.8) is 0 Å². The van der Waals surface area contributed by atoms with E-state index >= 15 is 0 Å². The lowest BCUT2D eigenvalue weighted by Gasteiger charge is -2.22. The highest BCUT2D eigenvalue weighted by atomic mass is 16.6. The molecular weight excluding hydrogens is 362 g/mol. The minimum absolute atomic E-state index is 0.0747. The fraction of sp³-hybridized carbons (Fsp3) is 0.611. The van der Waals surface area contributed by atoms with Crippen LogP contribution in [0.5, 0.6) is 0 Å². The van der Waals surface area contributed by atoms with E-state index in [-0.39, 0.29) is 36.1 Å². The van der Waals surface area contributed by atoms with Crippen molar-refractivity contribution in [2.24, 2.45) is 0 Å². The topological polar surface area (TPSA) is 127 Å². The fourth-order valence-electron chi connectivity index (χ4n) is 3.23. The molecule has 1 aliphatic rings. The number of hydrogen-bond acceptors (Lipinski definition) is 6. The Balaban J connectivity index is 1.49. The van der Waals surface area contributed by atoms with Gasteiger partial charge in [-0.05, 0) is 47.0 Å². The molecule has 0 bridgehead atoms. The largest absolute Gasteiger partial charge is 0.446 e. The summed E-state index contributed by atoms with van der Waals surface area (Å²) in [5.41, 5.74) is 1.36. The number of hydrogen-bond donors (Lipinski definition) is 3. The zero-order valence-corrected chi connectivity index (χ0v) is 16.7. The van der Waals surface area contributed by atoms with Crippen LogP contribution in [-0.2, 0) is 16.1 Å². The molecule has 0 aromatic carbocycles. The molecule has 2 aromatic heterocycles. The Labute approximate surface area is 163 Å². The smallest absolute Gasteiger partial charge is 0.407 e. The molecule has 2 amide bonds. The van der Waals surface area contributed by atoms with Crippen LogP contribution in [0.25, 0.3) is 0 Å². The summed E-state index contributed by atoms with van der Waals surface area (Å²) in [6.07, 6.45) is 3.61. The first-order valence-corrected chi connectivity index (χ1v) is 9.38. The van der Waals surface area contributed by atoms with E-state index < -0.39 is 0 Å². The number of nitrogens with one attached hydrogen (secondary N) is 3. The monoisotopic (exact) mass is 389 g/mol. The van der Waals surface area contributed by atoms with Crippen LogP contribution in [0.1, 0.15) is 57.3 Å². The molecular formula is C18H27N7O3. The van der Waals surface area contributed by atoms with Crippen LogP contribution in [0.3, 0.4) is 0 Å². The van der Waals surface area contributed by atoms with Gasteiger partial charge in [0, 0.05) is 29.4 Å². The highest BCUT2D eigenvalue weighted by molar-refractivity contribution is 5.89. The maximum absolute atomic E-state index is 12.1. The number of aromatic nitrogens is 5. The zero-order valence-electron chi connectivity index (χ0n) is 16.7. The van der Waals surface area contributed by atoms with E-state index in [0.717, 1.165) is 30.7 Å². The number of carbonyl (C=O) groups is 2. The highest BCUT2D eigenvalue weighted by Gasteiger charge is 2.30. The minimum Gasteiger partial charge on any atom is -0.446 e. The quantitative estimate of drug-likeness (QED) is 0.719. The van der Waals surface area contributed by atoms with Gasteiger partial charge >= 0.3 is 6.09 Å². The van der Waals surface area contributed by atoms with E-state index in [1.165, 1.54) is 4.68 Å². The van der Waals surface area contributed by atoms with Gasteiger partial charge in [0.1, 0.15) is 12.6 Å². The van der Waals surface area contributed by atoms with Crippen molar-refractivity contribution in [2.45, 2.75) is 71.1 Å². The van der Waals surface area contributed by atoms with Gasteiger partial charge in [-0.25, -0.2) is 9.48 Å². The molecule has 2 aromatic rings. The molecule has 10 heteroatoms. The first-order chi connectivity index (χ1) is 13.2. The molecule has 10 nitrogen and oxygen atoms in total. The van der Waals surface area contributed by atoms with Crippen molar-refractivity contribution in [1.29, 1.82) is 0 Å². The maximum atomic E-state index is 12.1. The Morgan fingerprint density at radius 1 is 1.36 bits per heavy atom. The number of aryl methyl sites for hydroxylation is 1. The van der Waals surface area contributed by atoms with Gasteiger partial charge in [0.2, 0.25) is 5.91 Å². The summed E-state index contributed by atoms with van der Waals surface area (Å²) in [5.74, 6) is 0.449. The van der Waals surface area contributed by atoms with Crippen LogP contribution in [0, 0.1) is 6.92 Å². The number of amides is 2. The van der Waals surface area contributed by atoms with Gasteiger partial charge in [-0.2, -0.15) is 5.10 Å². The summed E-state index contributed by atoms with van der Waals surface area (Å²) < 4.78 is 6.98. The summed E-state index contributed by atoms with van der Waals surface area (Å²) in [4.78, 5) is 24.0. The number of anilines is 1. The molecule has 2 unspecified atom stereocenters. The summed E-state index contributed by atoms with van der Waals surface area (Å²) in [7, 11) is 0. The molecule has 3 N–H and O–H groups in total. The molecule has 1 fully saturated rings. The van der Waals surface area contributed by atoms with Gasteiger partial charge < -0.3 is 15.4 Å². The number of rotatable bonds is 5. The average Bonchev–Trinajstić information content (AvgIpc) is 3.27. The Morgan fingerprint density at radius 3 is 2.82 bits per heavy atom. The molecule has 1 aliphatic carbocycles. The molecule has 3 rings (SSSR count). The molecule has 28 heavy (non-hydrogen) atoms. The predicted octanol–water partition coefficient (Wildman–Crippen LogP) is 2.11. The van der Waals surface area contributed by atoms with Crippen LogP contribution in [0.2, 0.25) is 0 Å². The summed E-state index contributed by atoms with van der Waals surface area (Å²) >= 11 is 0. The molecule has 2 heterocycles. The minimum atomic E-state index is -0.390. The van der Waals surface area contributed by atoms with Gasteiger partial charge in [-0.3, -0.25) is 9.89 Å². The van der Waals surface area contributed by atoms with E-state index in [1.807, 2.05) is 33.8 Å². The van der Waals surface area contributed by atoms with Crippen LogP contribution in [-0.4, -0.2) is 48.8 Å². The number of aromatic amines is 1. The molecule has 2 atom stereocenters. The fourth-order valence-corrected chi connectivity index (χ4v) is 3.23. The molecule has 0 spiro atoms. The second-order valence-electron chi connectivity index (χ2n) is 8.23. The lowest BCUT2D eigenvalue weighted by Crippen LogP contribution is -2.42. The van der Waals surface area contributed by atoms with Gasteiger partial charge in [-0.1, -0.05) is 5.21 Å². The number of alkyl carbamates (subject to hydrolysis) is 1. The third kappa shape index (κ3) is 5.54. The first-order valence-electron chi connectivity index (χ1n) is 9.38. The lowest BCUT2D eigenvalue weighted by molar-refractivity contribution is -0.117. The molecule has 152 valence electrons. The predicted molar refractivity (Wildman–Crippen MR) is 102 cm³/mol. The van der Waals surface area contributed by atoms with E-state index in [9.17, 15) is 9.59 Å². The molecule has 0 radical (unpaired) electrons. The Kier molecular flexibility index (Phi) is 5.66. The van der Waals surface area contributed by atoms with Crippen molar-refractivity contribution in [1.82, 2.24) is 30.5 Å². The molecule has 0 saturated heterocycles. The summed E-state index contributed by atoms with van der Waals surface area (Å²) in [6, 6.07) is 1.83. The molecule has 0 aliphatic heterocycles. The van der Waals surface area contributed by atoms with E-state index in [2.05, 4.69) is 31.1 Å². The SMILES string of the molecule is Cc1cn(CC(=O)Nc2cc(C3CCC(OC(=O)NC(C)(C)C)C3)[nH]n2)nn1. The zero-order chi connectivity index (χ0) is 20.3.